The summed E-state index contributed by atoms with van der Waals surface area (Å²) in [4.78, 5) is 60.7. The molecule has 12 rings (SSSR count). The molecule has 4 fully saturated rings. The predicted molar refractivity (Wildman–Crippen MR) is 270 cm³/mol. The molecule has 0 saturated carbocycles. The second kappa shape index (κ2) is 22.8. The highest BCUT2D eigenvalue weighted by atomic mass is 79.9. The molecular weight excluding hydrogens is 1090 g/mol. The molecule has 0 aromatic carbocycles. The van der Waals surface area contributed by atoms with Gasteiger partial charge < -0.3 is 36.4 Å². The number of fused-ring (bicyclic) bond motifs is 3. The molecule has 0 bridgehead atoms. The van der Waals surface area contributed by atoms with Gasteiger partial charge in [0.2, 0.25) is 17.8 Å². The number of carbonyl (C=O) groups is 1. The fourth-order valence-electron chi connectivity index (χ4n) is 6.81. The van der Waals surface area contributed by atoms with Crippen LogP contribution < -0.4 is 31.5 Å². The van der Waals surface area contributed by atoms with Crippen molar-refractivity contribution in [2.24, 2.45) is 5.73 Å². The topological polar surface area (TPSA) is 236 Å². The Labute approximate surface area is 426 Å². The lowest BCUT2D eigenvalue weighted by molar-refractivity contribution is 0.167. The van der Waals surface area contributed by atoms with Gasteiger partial charge in [0.05, 0.1) is 24.1 Å². The molecule has 2 amide bonds. The largest absolute Gasteiger partial charge is 0.382 e. The van der Waals surface area contributed by atoms with E-state index in [2.05, 4.69) is 102 Å². The molecule has 4 saturated heterocycles. The molecule has 4 aliphatic rings. The lowest BCUT2D eigenvalue weighted by Gasteiger charge is -2.31. The van der Waals surface area contributed by atoms with Crippen molar-refractivity contribution in [3.63, 3.8) is 0 Å². The van der Waals surface area contributed by atoms with Crippen LogP contribution in [0, 0.1) is 0 Å². The van der Waals surface area contributed by atoms with Gasteiger partial charge in [0.15, 0.2) is 26.4 Å². The maximum Gasteiger partial charge on any atom is 0.317 e. The first kappa shape index (κ1) is 49.0. The molecule has 5 N–H and O–H groups in total. The third kappa shape index (κ3) is 11.2. The highest BCUT2D eigenvalue weighted by Crippen LogP contribution is 2.31. The van der Waals surface area contributed by atoms with Crippen LogP contribution in [0.4, 0.5) is 28.5 Å². The maximum atomic E-state index is 11.4. The SMILES string of the molecule is Clc1nccn2c(N3CCC3)nc(Br)c12.Clc1nccn2c(N3CCC3)ncc12.NCc1nccnc1Cl.Nc1nccn2c(N3CCC3)nc(Br)c12.O=C(NCc1nccnc1Cl)N1CCC1. The van der Waals surface area contributed by atoms with E-state index in [-0.39, 0.29) is 6.03 Å². The van der Waals surface area contributed by atoms with Crippen LogP contribution in [-0.4, -0.2) is 126 Å². The Bertz CT molecular complexity index is 2900. The van der Waals surface area contributed by atoms with Crippen molar-refractivity contribution in [3.05, 3.63) is 109 Å². The third-order valence-electron chi connectivity index (χ3n) is 11.0. The van der Waals surface area contributed by atoms with Crippen LogP contribution in [0.3, 0.4) is 0 Å². The van der Waals surface area contributed by atoms with Crippen molar-refractivity contribution in [2.75, 3.05) is 72.8 Å². The molecule has 12 heterocycles. The van der Waals surface area contributed by atoms with Gasteiger partial charge in [0, 0.05) is 121 Å². The smallest absolute Gasteiger partial charge is 0.317 e. The molecule has 0 unspecified atom stereocenters. The number of hydrogen-bond acceptors (Lipinski definition) is 16. The van der Waals surface area contributed by atoms with Crippen LogP contribution >= 0.6 is 78.3 Å². The Kier molecular flexibility index (Phi) is 16.4. The fourth-order valence-corrected chi connectivity index (χ4v) is 8.80. The number of urea groups is 1. The van der Waals surface area contributed by atoms with Gasteiger partial charge in [-0.2, -0.15) is 0 Å². The highest BCUT2D eigenvalue weighted by Gasteiger charge is 2.24. The van der Waals surface area contributed by atoms with Gasteiger partial charge in [-0.15, -0.1) is 0 Å². The highest BCUT2D eigenvalue weighted by molar-refractivity contribution is 9.10. The molecule has 0 atom stereocenters. The standard InChI is InChI=1S/C9H8BrClN4.C9H10BrN5.C9H11ClN4O.C9H9ClN4.C5H6ClN3/c2*10-7-6-8(11)12-2-5-15(6)9(13-7)14-3-1-4-14;10-8-7(11-2-3-12-8)6-13-9(15)14-4-1-5-14;10-8-7-6-12-9(13-3-1-4-13)14(7)5-2-11-8;6-5-4(3-7)8-1-2-9-5/h2,5H,1,3-4H2;2,5H,1,3-4H2,(H2,11,12);2-3H,1,4-6H2,(H,13,15);2,5-6H,1,3-4H2;1-2H,3,7H2. The number of nitrogens with one attached hydrogen (secondary N) is 1. The summed E-state index contributed by atoms with van der Waals surface area (Å²) in [6.07, 6.45) is 23.4. The van der Waals surface area contributed by atoms with Crippen molar-refractivity contribution in [2.45, 2.75) is 38.8 Å². The average molecular weight is 1130 g/mol. The van der Waals surface area contributed by atoms with E-state index in [4.69, 9.17) is 57.9 Å². The Morgan fingerprint density at radius 2 is 1.03 bits per heavy atom. The van der Waals surface area contributed by atoms with Gasteiger partial charge in [-0.25, -0.2) is 44.7 Å². The zero-order valence-electron chi connectivity index (χ0n) is 36.2. The summed E-state index contributed by atoms with van der Waals surface area (Å²) in [5.74, 6) is 3.35. The van der Waals surface area contributed by atoms with E-state index in [9.17, 15) is 4.79 Å². The number of likely N-dealkylation sites (tertiary alicyclic amines) is 1. The lowest BCUT2D eigenvalue weighted by atomic mass is 10.2. The van der Waals surface area contributed by atoms with Crippen molar-refractivity contribution < 1.29 is 4.79 Å². The number of nitrogens with two attached hydrogens (primary N) is 2. The van der Waals surface area contributed by atoms with Gasteiger partial charge in [0.1, 0.15) is 25.8 Å². The van der Waals surface area contributed by atoms with Crippen molar-refractivity contribution in [3.8, 4) is 0 Å². The number of rotatable bonds is 6. The number of anilines is 4. The maximum absolute atomic E-state index is 11.4. The first-order valence-corrected chi connectivity index (χ1v) is 24.4. The monoisotopic (exact) mass is 1130 g/mol. The van der Waals surface area contributed by atoms with E-state index in [0.717, 1.165) is 102 Å². The van der Waals surface area contributed by atoms with Gasteiger partial charge in [-0.1, -0.05) is 46.4 Å². The lowest BCUT2D eigenvalue weighted by Crippen LogP contribution is -2.47. The summed E-state index contributed by atoms with van der Waals surface area (Å²) in [7, 11) is 0. The van der Waals surface area contributed by atoms with Gasteiger partial charge in [-0.3, -0.25) is 23.2 Å². The van der Waals surface area contributed by atoms with E-state index >= 15 is 0 Å². The molecule has 27 heteroatoms. The summed E-state index contributed by atoms with van der Waals surface area (Å²) in [6.45, 7) is 8.74. The van der Waals surface area contributed by atoms with Crippen LogP contribution in [0.15, 0.2) is 77.4 Å². The molecule has 4 aliphatic heterocycles. The number of hydrogen-bond donors (Lipinski definition) is 3. The Hall–Kier alpha value is -5.43. The summed E-state index contributed by atoms with van der Waals surface area (Å²) >= 11 is 30.2. The zero-order valence-corrected chi connectivity index (χ0v) is 42.4. The van der Waals surface area contributed by atoms with E-state index in [0.29, 0.717) is 50.9 Å². The molecular formula is C41H44Br2Cl4N20O. The second-order valence-electron chi connectivity index (χ2n) is 15.2. The van der Waals surface area contributed by atoms with Gasteiger partial charge >= 0.3 is 6.03 Å². The van der Waals surface area contributed by atoms with Crippen molar-refractivity contribution in [1.29, 1.82) is 0 Å². The number of carbonyl (C=O) groups excluding carboxylic acids is 1. The van der Waals surface area contributed by atoms with E-state index < -0.39 is 0 Å². The summed E-state index contributed by atoms with van der Waals surface area (Å²) in [5, 5.41) is 4.45. The molecule has 68 heavy (non-hydrogen) atoms. The molecule has 356 valence electrons. The number of imidazole rings is 3. The van der Waals surface area contributed by atoms with Crippen LogP contribution in [0.2, 0.25) is 20.6 Å². The minimum Gasteiger partial charge on any atom is -0.382 e. The van der Waals surface area contributed by atoms with Gasteiger partial charge in [0.25, 0.3) is 0 Å². The zero-order chi connectivity index (χ0) is 47.7. The number of nitrogen functional groups attached to an aromatic ring is 1. The van der Waals surface area contributed by atoms with Crippen molar-refractivity contribution >= 4 is 125 Å². The van der Waals surface area contributed by atoms with Crippen molar-refractivity contribution in [1.82, 2.24) is 73.3 Å². The fraction of sp³-hybridized carbons (Fsp3) is 0.341. The van der Waals surface area contributed by atoms with Crippen LogP contribution in [0.5, 0.6) is 0 Å². The van der Waals surface area contributed by atoms with Crippen LogP contribution in [0.25, 0.3) is 16.6 Å². The molecule has 0 radical (unpaired) electrons. The first-order chi connectivity index (χ1) is 33.0. The van der Waals surface area contributed by atoms with E-state index in [1.54, 1.807) is 42.1 Å². The number of halogens is 6. The number of aromatic nitrogens is 13. The average Bonchev–Trinajstić information content (AvgIpc) is 3.94. The second-order valence-corrected chi connectivity index (χ2v) is 18.2. The Morgan fingerprint density at radius 3 is 1.54 bits per heavy atom. The van der Waals surface area contributed by atoms with Crippen LogP contribution in [0.1, 0.15) is 37.1 Å². The van der Waals surface area contributed by atoms with Crippen LogP contribution in [-0.2, 0) is 13.1 Å². The molecule has 8 aromatic heterocycles. The molecule has 0 aliphatic carbocycles. The minimum atomic E-state index is -0.0667. The normalized spacial score (nSPS) is 14.7. The molecule has 8 aromatic rings. The first-order valence-electron chi connectivity index (χ1n) is 21.3. The molecule has 21 nitrogen and oxygen atoms in total. The number of nitrogens with zero attached hydrogens (tertiary/aromatic N) is 17. The Morgan fingerprint density at radius 1 is 0.559 bits per heavy atom. The minimum absolute atomic E-state index is 0.0667. The third-order valence-corrected chi connectivity index (χ3v) is 13.3. The number of amides is 2. The Balaban J connectivity index is 0.000000116. The summed E-state index contributed by atoms with van der Waals surface area (Å²) < 4.78 is 7.44. The summed E-state index contributed by atoms with van der Waals surface area (Å²) in [6, 6.07) is -0.0667. The summed E-state index contributed by atoms with van der Waals surface area (Å²) in [5.41, 5.74) is 14.9. The predicted octanol–water partition coefficient (Wildman–Crippen LogP) is 6.87. The van der Waals surface area contributed by atoms with E-state index in [1.165, 1.54) is 31.7 Å². The van der Waals surface area contributed by atoms with E-state index in [1.807, 2.05) is 31.8 Å². The molecule has 0 spiro atoms. The van der Waals surface area contributed by atoms with Gasteiger partial charge in [-0.05, 0) is 57.5 Å². The quantitative estimate of drug-likeness (QED) is 0.154.